The Labute approximate surface area is 110 Å². The standard InChI is InChI=1S/C13H14N4S/c1-8-4-11(6-14)5-12(16-8)17-10(3)13-15-7-9(2)18-13/h4-5,7,10H,1-3H3,(H,16,17). The molecule has 0 radical (unpaired) electrons. The van der Waals surface area contributed by atoms with Crippen molar-refractivity contribution in [2.45, 2.75) is 26.8 Å². The maximum absolute atomic E-state index is 8.93. The molecule has 0 aliphatic rings. The molecular formula is C13H14N4S. The van der Waals surface area contributed by atoms with Crippen LogP contribution < -0.4 is 5.32 Å². The molecule has 0 aliphatic carbocycles. The van der Waals surface area contributed by atoms with Crippen LogP contribution in [0.15, 0.2) is 18.3 Å². The summed E-state index contributed by atoms with van der Waals surface area (Å²) in [6.07, 6.45) is 1.86. The van der Waals surface area contributed by atoms with Gasteiger partial charge in [0.15, 0.2) is 0 Å². The van der Waals surface area contributed by atoms with Crippen LogP contribution in [0.25, 0.3) is 0 Å². The molecule has 2 aromatic heterocycles. The van der Waals surface area contributed by atoms with Crippen LogP contribution in [0.1, 0.15) is 34.1 Å². The third kappa shape index (κ3) is 2.84. The molecule has 0 amide bonds. The number of nitrogens with one attached hydrogen (secondary N) is 1. The van der Waals surface area contributed by atoms with Gasteiger partial charge >= 0.3 is 0 Å². The fourth-order valence-corrected chi connectivity index (χ4v) is 2.44. The van der Waals surface area contributed by atoms with Crippen LogP contribution in [0.2, 0.25) is 0 Å². The highest BCUT2D eigenvalue weighted by Gasteiger charge is 2.10. The summed E-state index contributed by atoms with van der Waals surface area (Å²) in [5, 5.41) is 13.2. The molecule has 0 aromatic carbocycles. The van der Waals surface area contributed by atoms with Crippen molar-refractivity contribution in [2.75, 3.05) is 5.32 Å². The number of pyridine rings is 1. The second-order valence-corrected chi connectivity index (χ2v) is 5.44. The van der Waals surface area contributed by atoms with Gasteiger partial charge < -0.3 is 5.32 Å². The van der Waals surface area contributed by atoms with Crippen molar-refractivity contribution >= 4 is 17.2 Å². The average Bonchev–Trinajstić information content (AvgIpc) is 2.75. The summed E-state index contributed by atoms with van der Waals surface area (Å²) in [7, 11) is 0. The first-order valence-corrected chi connectivity index (χ1v) is 6.48. The van der Waals surface area contributed by atoms with Crippen LogP contribution in [0.3, 0.4) is 0 Å². The molecule has 2 heterocycles. The van der Waals surface area contributed by atoms with Crippen molar-refractivity contribution in [3.05, 3.63) is 39.5 Å². The van der Waals surface area contributed by atoms with E-state index in [4.69, 9.17) is 5.26 Å². The highest BCUT2D eigenvalue weighted by atomic mass is 32.1. The summed E-state index contributed by atoms with van der Waals surface area (Å²) in [5.41, 5.74) is 1.45. The van der Waals surface area contributed by atoms with E-state index >= 15 is 0 Å². The topological polar surface area (TPSA) is 61.6 Å². The quantitative estimate of drug-likeness (QED) is 0.918. The molecule has 18 heavy (non-hydrogen) atoms. The predicted octanol–water partition coefficient (Wildman–Crippen LogP) is 3.20. The van der Waals surface area contributed by atoms with Gasteiger partial charge in [-0.1, -0.05) is 0 Å². The third-order valence-corrected chi connectivity index (χ3v) is 3.55. The van der Waals surface area contributed by atoms with E-state index < -0.39 is 0 Å². The number of nitriles is 1. The normalized spacial score (nSPS) is 11.9. The summed E-state index contributed by atoms with van der Waals surface area (Å²) in [4.78, 5) is 9.90. The molecule has 2 rings (SSSR count). The summed E-state index contributed by atoms with van der Waals surface area (Å²) >= 11 is 1.66. The van der Waals surface area contributed by atoms with Crippen molar-refractivity contribution in [3.8, 4) is 6.07 Å². The smallest absolute Gasteiger partial charge is 0.128 e. The highest BCUT2D eigenvalue weighted by Crippen LogP contribution is 2.22. The molecule has 0 aliphatic heterocycles. The molecule has 0 fully saturated rings. The lowest BCUT2D eigenvalue weighted by Crippen LogP contribution is -2.08. The Morgan fingerprint density at radius 1 is 1.39 bits per heavy atom. The van der Waals surface area contributed by atoms with Crippen molar-refractivity contribution in [1.82, 2.24) is 9.97 Å². The number of nitrogens with zero attached hydrogens (tertiary/aromatic N) is 3. The number of aryl methyl sites for hydroxylation is 2. The summed E-state index contributed by atoms with van der Waals surface area (Å²) in [6.45, 7) is 5.95. The molecular weight excluding hydrogens is 244 g/mol. The number of rotatable bonds is 3. The van der Waals surface area contributed by atoms with Gasteiger partial charge in [0.1, 0.15) is 10.8 Å². The molecule has 0 spiro atoms. The number of hydrogen-bond acceptors (Lipinski definition) is 5. The van der Waals surface area contributed by atoms with Gasteiger partial charge in [-0.05, 0) is 32.9 Å². The van der Waals surface area contributed by atoms with E-state index in [1.807, 2.05) is 27.0 Å². The molecule has 1 N–H and O–H groups in total. The summed E-state index contributed by atoms with van der Waals surface area (Å²) in [5.74, 6) is 0.715. The minimum atomic E-state index is 0.0875. The van der Waals surface area contributed by atoms with E-state index in [-0.39, 0.29) is 6.04 Å². The van der Waals surface area contributed by atoms with Gasteiger partial charge in [-0.3, -0.25) is 0 Å². The lowest BCUT2D eigenvalue weighted by Gasteiger charge is -2.12. The second kappa shape index (κ2) is 5.15. The second-order valence-electron chi connectivity index (χ2n) is 4.17. The van der Waals surface area contributed by atoms with Crippen LogP contribution in [-0.4, -0.2) is 9.97 Å². The zero-order valence-electron chi connectivity index (χ0n) is 10.6. The monoisotopic (exact) mass is 258 g/mol. The van der Waals surface area contributed by atoms with E-state index in [1.165, 1.54) is 4.88 Å². The van der Waals surface area contributed by atoms with Crippen molar-refractivity contribution in [2.24, 2.45) is 0 Å². The maximum Gasteiger partial charge on any atom is 0.128 e. The van der Waals surface area contributed by atoms with E-state index in [0.717, 1.165) is 10.7 Å². The number of aromatic nitrogens is 2. The van der Waals surface area contributed by atoms with Crippen LogP contribution >= 0.6 is 11.3 Å². The molecule has 92 valence electrons. The fraction of sp³-hybridized carbons (Fsp3) is 0.308. The molecule has 0 bridgehead atoms. The summed E-state index contributed by atoms with van der Waals surface area (Å²) < 4.78 is 0. The minimum absolute atomic E-state index is 0.0875. The van der Waals surface area contributed by atoms with Crippen molar-refractivity contribution in [3.63, 3.8) is 0 Å². The van der Waals surface area contributed by atoms with E-state index in [9.17, 15) is 0 Å². The van der Waals surface area contributed by atoms with E-state index in [0.29, 0.717) is 11.4 Å². The Bertz CT molecular complexity index is 597. The zero-order valence-corrected chi connectivity index (χ0v) is 11.4. The van der Waals surface area contributed by atoms with Crippen molar-refractivity contribution in [1.29, 1.82) is 5.26 Å². The van der Waals surface area contributed by atoms with E-state index in [1.54, 1.807) is 23.5 Å². The highest BCUT2D eigenvalue weighted by molar-refractivity contribution is 7.11. The van der Waals surface area contributed by atoms with Gasteiger partial charge in [0, 0.05) is 16.8 Å². The van der Waals surface area contributed by atoms with Gasteiger partial charge in [-0.15, -0.1) is 11.3 Å². The lowest BCUT2D eigenvalue weighted by atomic mass is 10.2. The van der Waals surface area contributed by atoms with Gasteiger partial charge in [0.05, 0.1) is 17.7 Å². The largest absolute Gasteiger partial charge is 0.361 e. The number of hydrogen-bond donors (Lipinski definition) is 1. The van der Waals surface area contributed by atoms with Gasteiger partial charge in [-0.2, -0.15) is 5.26 Å². The Morgan fingerprint density at radius 2 is 2.17 bits per heavy atom. The molecule has 1 atom stereocenters. The Hall–Kier alpha value is -1.93. The van der Waals surface area contributed by atoms with Crippen LogP contribution in [0, 0.1) is 25.2 Å². The zero-order chi connectivity index (χ0) is 13.1. The first kappa shape index (κ1) is 12.5. The minimum Gasteiger partial charge on any atom is -0.361 e. The molecule has 0 saturated carbocycles. The van der Waals surface area contributed by atoms with Gasteiger partial charge in [-0.25, -0.2) is 9.97 Å². The molecule has 1 unspecified atom stereocenters. The van der Waals surface area contributed by atoms with Gasteiger partial charge in [0.2, 0.25) is 0 Å². The fourth-order valence-electron chi connectivity index (χ4n) is 1.66. The molecule has 2 aromatic rings. The Balaban J connectivity index is 2.19. The maximum atomic E-state index is 8.93. The van der Waals surface area contributed by atoms with Crippen LogP contribution in [0.5, 0.6) is 0 Å². The van der Waals surface area contributed by atoms with Crippen LogP contribution in [0.4, 0.5) is 5.82 Å². The molecule has 0 saturated heterocycles. The lowest BCUT2D eigenvalue weighted by molar-refractivity contribution is 0.858. The molecule has 4 nitrogen and oxygen atoms in total. The molecule has 5 heteroatoms. The Morgan fingerprint density at radius 3 is 2.78 bits per heavy atom. The summed E-state index contributed by atoms with van der Waals surface area (Å²) in [6, 6.07) is 5.74. The van der Waals surface area contributed by atoms with Crippen LogP contribution in [-0.2, 0) is 0 Å². The third-order valence-electron chi connectivity index (χ3n) is 2.46. The first-order valence-electron chi connectivity index (χ1n) is 5.66. The van der Waals surface area contributed by atoms with Gasteiger partial charge in [0.25, 0.3) is 0 Å². The van der Waals surface area contributed by atoms with Crippen molar-refractivity contribution < 1.29 is 0 Å². The average molecular weight is 258 g/mol. The SMILES string of the molecule is Cc1cc(C#N)cc(NC(C)c2ncc(C)s2)n1. The number of thiazole rings is 1. The first-order chi connectivity index (χ1) is 8.58. The Kier molecular flexibility index (Phi) is 3.58. The number of anilines is 1. The van der Waals surface area contributed by atoms with E-state index in [2.05, 4.69) is 21.4 Å². The predicted molar refractivity (Wildman–Crippen MR) is 72.6 cm³/mol.